The highest BCUT2D eigenvalue weighted by Crippen LogP contribution is 2.23. The summed E-state index contributed by atoms with van der Waals surface area (Å²) >= 11 is 0. The van der Waals surface area contributed by atoms with Crippen LogP contribution >= 0.6 is 0 Å². The predicted molar refractivity (Wildman–Crippen MR) is 29.3 cm³/mol. The minimum atomic E-state index is -0.0446. The minimum absolute atomic E-state index is 0.0446. The largest absolute Gasteiger partial charge is 0.461 e. The van der Waals surface area contributed by atoms with Gasteiger partial charge in [-0.05, 0) is 13.3 Å². The molecule has 0 amide bonds. The van der Waals surface area contributed by atoms with Gasteiger partial charge in [-0.3, -0.25) is 4.79 Å². The van der Waals surface area contributed by atoms with E-state index < -0.39 is 0 Å². The highest BCUT2D eigenvalue weighted by Gasteiger charge is 2.36. The van der Waals surface area contributed by atoms with E-state index in [2.05, 4.69) is 0 Å². The molecule has 0 radical (unpaired) electrons. The molecule has 1 aliphatic heterocycles. The summed E-state index contributed by atoms with van der Waals surface area (Å²) in [6.45, 7) is 3.92. The molecule has 1 rings (SSSR count). The van der Waals surface area contributed by atoms with Crippen molar-refractivity contribution < 1.29 is 9.53 Å². The van der Waals surface area contributed by atoms with Gasteiger partial charge < -0.3 is 4.74 Å². The van der Waals surface area contributed by atoms with Gasteiger partial charge in [-0.1, -0.05) is 6.92 Å². The second kappa shape index (κ2) is 1.77. The molecule has 0 aliphatic carbocycles. The van der Waals surface area contributed by atoms with Gasteiger partial charge in [-0.15, -0.1) is 0 Å². The third-order valence-electron chi connectivity index (χ3n) is 1.60. The average molecular weight is 114 g/mol. The highest BCUT2D eigenvalue weighted by molar-refractivity contribution is 5.77. The standard InChI is InChI=1S/C6H10O2/c1-3-5-4(2)6(7)8-5/h4-5H,3H2,1-2H3/t4?,5-/m0/s1. The summed E-state index contributed by atoms with van der Waals surface area (Å²) in [7, 11) is 0. The monoisotopic (exact) mass is 114 g/mol. The molecular weight excluding hydrogens is 104 g/mol. The Morgan fingerprint density at radius 3 is 2.50 bits per heavy atom. The Balaban J connectivity index is 2.35. The summed E-state index contributed by atoms with van der Waals surface area (Å²) in [6.07, 6.45) is 1.16. The smallest absolute Gasteiger partial charge is 0.312 e. The van der Waals surface area contributed by atoms with E-state index in [0.717, 1.165) is 6.42 Å². The summed E-state index contributed by atoms with van der Waals surface area (Å²) < 4.78 is 4.76. The topological polar surface area (TPSA) is 26.3 Å². The number of esters is 1. The number of rotatable bonds is 1. The Kier molecular flexibility index (Phi) is 1.24. The molecular formula is C6H10O2. The van der Waals surface area contributed by atoms with E-state index in [9.17, 15) is 4.79 Å². The molecule has 2 nitrogen and oxygen atoms in total. The maximum absolute atomic E-state index is 10.4. The van der Waals surface area contributed by atoms with Crippen molar-refractivity contribution in [3.63, 3.8) is 0 Å². The number of hydrogen-bond donors (Lipinski definition) is 0. The van der Waals surface area contributed by atoms with Gasteiger partial charge in [0.1, 0.15) is 6.10 Å². The van der Waals surface area contributed by atoms with Crippen LogP contribution in [0.3, 0.4) is 0 Å². The lowest BCUT2D eigenvalue weighted by Crippen LogP contribution is -2.42. The second-order valence-electron chi connectivity index (χ2n) is 2.17. The van der Waals surface area contributed by atoms with Crippen LogP contribution < -0.4 is 0 Å². The maximum Gasteiger partial charge on any atom is 0.312 e. The quantitative estimate of drug-likeness (QED) is 0.474. The Morgan fingerprint density at radius 1 is 1.75 bits per heavy atom. The number of carbonyl (C=O) groups excluding carboxylic acids is 1. The molecule has 1 aliphatic rings. The van der Waals surface area contributed by atoms with Crippen LogP contribution in [0.2, 0.25) is 0 Å². The molecule has 1 unspecified atom stereocenters. The minimum Gasteiger partial charge on any atom is -0.461 e. The van der Waals surface area contributed by atoms with Crippen molar-refractivity contribution in [3.05, 3.63) is 0 Å². The lowest BCUT2D eigenvalue weighted by Gasteiger charge is -2.31. The zero-order valence-electron chi connectivity index (χ0n) is 5.18. The van der Waals surface area contributed by atoms with Crippen molar-refractivity contribution in [2.75, 3.05) is 0 Å². The van der Waals surface area contributed by atoms with Crippen LogP contribution in [-0.4, -0.2) is 12.1 Å². The van der Waals surface area contributed by atoms with Crippen LogP contribution in [0.4, 0.5) is 0 Å². The Hall–Kier alpha value is -0.530. The average Bonchev–Trinajstić information content (AvgIpc) is 1.81. The molecule has 0 N–H and O–H groups in total. The zero-order chi connectivity index (χ0) is 6.15. The number of ether oxygens (including phenoxy) is 1. The normalized spacial score (nSPS) is 36.0. The van der Waals surface area contributed by atoms with Gasteiger partial charge in [0.15, 0.2) is 0 Å². The van der Waals surface area contributed by atoms with Gasteiger partial charge in [-0.25, -0.2) is 0 Å². The summed E-state index contributed by atoms with van der Waals surface area (Å²) in [4.78, 5) is 10.4. The zero-order valence-corrected chi connectivity index (χ0v) is 5.18. The van der Waals surface area contributed by atoms with E-state index in [1.165, 1.54) is 0 Å². The third kappa shape index (κ3) is 0.602. The van der Waals surface area contributed by atoms with Crippen molar-refractivity contribution in [3.8, 4) is 0 Å². The third-order valence-corrected chi connectivity index (χ3v) is 1.60. The van der Waals surface area contributed by atoms with Crippen LogP contribution in [-0.2, 0) is 9.53 Å². The number of carbonyl (C=O) groups is 1. The van der Waals surface area contributed by atoms with Gasteiger partial charge in [0.25, 0.3) is 0 Å². The lowest BCUT2D eigenvalue weighted by molar-refractivity contribution is -0.182. The highest BCUT2D eigenvalue weighted by atomic mass is 16.6. The fourth-order valence-corrected chi connectivity index (χ4v) is 0.875. The summed E-state index contributed by atoms with van der Waals surface area (Å²) in [5.74, 6) is 0.108. The molecule has 1 saturated heterocycles. The van der Waals surface area contributed by atoms with Crippen LogP contribution in [0.5, 0.6) is 0 Å². The van der Waals surface area contributed by atoms with Crippen LogP contribution in [0, 0.1) is 5.92 Å². The molecule has 1 fully saturated rings. The first-order valence-corrected chi connectivity index (χ1v) is 2.96. The molecule has 2 atom stereocenters. The first-order chi connectivity index (χ1) is 3.75. The van der Waals surface area contributed by atoms with Gasteiger partial charge in [-0.2, -0.15) is 0 Å². The Labute approximate surface area is 48.8 Å². The van der Waals surface area contributed by atoms with E-state index >= 15 is 0 Å². The summed E-state index contributed by atoms with van der Waals surface area (Å²) in [5.41, 5.74) is 0. The van der Waals surface area contributed by atoms with E-state index in [1.807, 2.05) is 13.8 Å². The van der Waals surface area contributed by atoms with Crippen molar-refractivity contribution >= 4 is 5.97 Å². The number of cyclic esters (lactones) is 1. The maximum atomic E-state index is 10.4. The first kappa shape index (κ1) is 5.60. The van der Waals surface area contributed by atoms with Gasteiger partial charge in [0, 0.05) is 0 Å². The van der Waals surface area contributed by atoms with E-state index in [4.69, 9.17) is 4.74 Å². The molecule has 0 spiro atoms. The Bertz CT molecular complexity index is 109. The molecule has 0 aromatic rings. The molecule has 0 aromatic heterocycles. The lowest BCUT2D eigenvalue weighted by atomic mass is 9.97. The molecule has 46 valence electrons. The molecule has 0 bridgehead atoms. The van der Waals surface area contributed by atoms with E-state index in [1.54, 1.807) is 0 Å². The molecule has 0 saturated carbocycles. The summed E-state index contributed by atoms with van der Waals surface area (Å²) in [5, 5.41) is 0. The molecule has 2 heteroatoms. The summed E-state index contributed by atoms with van der Waals surface area (Å²) in [6, 6.07) is 0. The second-order valence-corrected chi connectivity index (χ2v) is 2.17. The van der Waals surface area contributed by atoms with Crippen LogP contribution in [0.15, 0.2) is 0 Å². The van der Waals surface area contributed by atoms with Crippen LogP contribution in [0.25, 0.3) is 0 Å². The van der Waals surface area contributed by atoms with Gasteiger partial charge in [0.05, 0.1) is 5.92 Å². The number of hydrogen-bond acceptors (Lipinski definition) is 2. The van der Waals surface area contributed by atoms with E-state index in [0.29, 0.717) is 0 Å². The fourth-order valence-electron chi connectivity index (χ4n) is 0.875. The van der Waals surface area contributed by atoms with Crippen molar-refractivity contribution in [1.29, 1.82) is 0 Å². The molecule has 8 heavy (non-hydrogen) atoms. The van der Waals surface area contributed by atoms with Gasteiger partial charge in [0.2, 0.25) is 0 Å². The SMILES string of the molecule is CC[C@@H]1OC(=O)C1C. The van der Waals surface area contributed by atoms with Crippen molar-refractivity contribution in [2.45, 2.75) is 26.4 Å². The first-order valence-electron chi connectivity index (χ1n) is 2.96. The van der Waals surface area contributed by atoms with E-state index in [-0.39, 0.29) is 18.0 Å². The molecule has 1 heterocycles. The molecule has 0 aromatic carbocycles. The fraction of sp³-hybridized carbons (Fsp3) is 0.833. The van der Waals surface area contributed by atoms with Crippen LogP contribution in [0.1, 0.15) is 20.3 Å². The Morgan fingerprint density at radius 2 is 2.38 bits per heavy atom. The van der Waals surface area contributed by atoms with Crippen molar-refractivity contribution in [1.82, 2.24) is 0 Å². The van der Waals surface area contributed by atoms with Gasteiger partial charge >= 0.3 is 5.97 Å². The predicted octanol–water partition coefficient (Wildman–Crippen LogP) is 0.958. The van der Waals surface area contributed by atoms with Crippen molar-refractivity contribution in [2.24, 2.45) is 5.92 Å².